The summed E-state index contributed by atoms with van der Waals surface area (Å²) in [6.07, 6.45) is 0.862. The highest BCUT2D eigenvalue weighted by Crippen LogP contribution is 2.47. The first-order valence-electron chi connectivity index (χ1n) is 13.9. The lowest BCUT2D eigenvalue weighted by atomic mass is 9.61. The molecule has 0 aliphatic carbocycles. The number of hydrogen-bond donors (Lipinski definition) is 2. The van der Waals surface area contributed by atoms with Crippen LogP contribution in [0.4, 0.5) is 0 Å². The number of benzene rings is 1. The maximum Gasteiger partial charge on any atom is 0.312 e. The van der Waals surface area contributed by atoms with Crippen molar-refractivity contribution < 1.29 is 28.9 Å². The van der Waals surface area contributed by atoms with Gasteiger partial charge in [-0.1, -0.05) is 47.6 Å². The third kappa shape index (κ3) is 8.57. The Morgan fingerprint density at radius 3 is 2.21 bits per heavy atom. The number of carbonyl (C=O) groups excluding carboxylic acids is 1. The van der Waals surface area contributed by atoms with E-state index in [1.807, 2.05) is 48.7 Å². The number of ether oxygens (including phenoxy) is 2. The minimum absolute atomic E-state index is 0.00962. The van der Waals surface area contributed by atoms with Crippen molar-refractivity contribution in [3.63, 3.8) is 0 Å². The quantitative estimate of drug-likeness (QED) is 0.164. The van der Waals surface area contributed by atoms with Gasteiger partial charge in [-0.3, -0.25) is 4.79 Å². The van der Waals surface area contributed by atoms with Gasteiger partial charge in [0.15, 0.2) is 0 Å². The van der Waals surface area contributed by atoms with Crippen LogP contribution >= 0.6 is 11.3 Å². The van der Waals surface area contributed by atoms with Gasteiger partial charge >= 0.3 is 5.97 Å². The van der Waals surface area contributed by atoms with Crippen LogP contribution in [0.3, 0.4) is 0 Å². The van der Waals surface area contributed by atoms with E-state index in [-0.39, 0.29) is 23.4 Å². The highest BCUT2D eigenvalue weighted by molar-refractivity contribution is 7.13. The summed E-state index contributed by atoms with van der Waals surface area (Å²) >= 11 is 1.64. The molecule has 0 spiro atoms. The molecule has 3 unspecified atom stereocenters. The van der Waals surface area contributed by atoms with Crippen molar-refractivity contribution in [1.82, 2.24) is 0 Å². The van der Waals surface area contributed by atoms with Gasteiger partial charge in [-0.2, -0.15) is 0 Å². The Morgan fingerprint density at radius 1 is 0.949 bits per heavy atom. The first-order chi connectivity index (χ1) is 18.2. The molecule has 0 amide bonds. The van der Waals surface area contributed by atoms with E-state index in [0.29, 0.717) is 38.0 Å². The van der Waals surface area contributed by atoms with Crippen molar-refractivity contribution in [3.05, 3.63) is 41.8 Å². The van der Waals surface area contributed by atoms with Gasteiger partial charge in [0.1, 0.15) is 17.1 Å². The zero-order chi connectivity index (χ0) is 28.8. The summed E-state index contributed by atoms with van der Waals surface area (Å²) in [5.74, 6) is 1.35. The van der Waals surface area contributed by atoms with Crippen molar-refractivity contribution in [2.75, 3.05) is 13.2 Å². The molecule has 6 nitrogen and oxygen atoms in total. The highest BCUT2D eigenvalue weighted by atomic mass is 32.1. The predicted molar refractivity (Wildman–Crippen MR) is 158 cm³/mol. The van der Waals surface area contributed by atoms with E-state index in [0.717, 1.165) is 28.0 Å². The summed E-state index contributed by atoms with van der Waals surface area (Å²) < 4.78 is 17.5. The number of esters is 1. The van der Waals surface area contributed by atoms with Crippen LogP contribution in [0.15, 0.2) is 46.2 Å². The zero-order valence-electron chi connectivity index (χ0n) is 24.6. The van der Waals surface area contributed by atoms with Gasteiger partial charge in [0.2, 0.25) is 0 Å². The molecule has 7 heteroatoms. The minimum Gasteiger partial charge on any atom is -0.493 e. The molecule has 0 aliphatic heterocycles. The van der Waals surface area contributed by atoms with Crippen LogP contribution in [0.1, 0.15) is 80.6 Å². The van der Waals surface area contributed by atoms with Crippen molar-refractivity contribution in [2.24, 2.45) is 16.2 Å². The Balaban J connectivity index is 1.37. The average molecular weight is 559 g/mol. The van der Waals surface area contributed by atoms with Crippen molar-refractivity contribution in [1.29, 1.82) is 0 Å². The number of fused-ring (bicyclic) bond motifs is 1. The molecule has 0 saturated carbocycles. The molecule has 0 fully saturated rings. The van der Waals surface area contributed by atoms with E-state index in [2.05, 4.69) is 41.5 Å². The van der Waals surface area contributed by atoms with E-state index < -0.39 is 17.6 Å². The standard InChI is InChI=1S/C32H46O6S/c1-30(2,3)21-32(7,31(4,5)6)29(35)37-17-9-12-25(34)24(33)11-8-16-36-23-15-14-22-19-27(38-26(22)20-23)28-13-10-18-39-28/h10,13-15,18-20,24-25,33-34H,8-9,11-12,16-17,21H2,1-7H3. The van der Waals surface area contributed by atoms with Gasteiger partial charge in [-0.15, -0.1) is 11.3 Å². The van der Waals surface area contributed by atoms with E-state index in [1.165, 1.54) is 0 Å². The molecule has 1 aromatic carbocycles. The summed E-state index contributed by atoms with van der Waals surface area (Å²) in [6, 6.07) is 11.8. The average Bonchev–Trinajstić information content (AvgIpc) is 3.51. The van der Waals surface area contributed by atoms with Crippen molar-refractivity contribution in [3.8, 4) is 16.4 Å². The second kappa shape index (κ2) is 12.9. The van der Waals surface area contributed by atoms with E-state index in [9.17, 15) is 15.0 Å². The lowest BCUT2D eigenvalue weighted by Crippen LogP contribution is -2.44. The number of furan rings is 1. The van der Waals surface area contributed by atoms with Gasteiger partial charge in [0.05, 0.1) is 35.7 Å². The summed E-state index contributed by atoms with van der Waals surface area (Å²) in [6.45, 7) is 15.2. The molecule has 3 atom stereocenters. The monoisotopic (exact) mass is 558 g/mol. The topological polar surface area (TPSA) is 89.1 Å². The van der Waals surface area contributed by atoms with Crippen LogP contribution in [-0.2, 0) is 9.53 Å². The van der Waals surface area contributed by atoms with Gasteiger partial charge in [-0.05, 0) is 79.5 Å². The molecule has 0 bridgehead atoms. The second-order valence-corrected chi connectivity index (χ2v) is 14.0. The lowest BCUT2D eigenvalue weighted by Gasteiger charge is -2.43. The summed E-state index contributed by atoms with van der Waals surface area (Å²) in [7, 11) is 0. The molecular formula is C32H46O6S. The normalized spacial score (nSPS) is 15.6. The fraction of sp³-hybridized carbons (Fsp3) is 0.594. The number of rotatable bonds is 13. The number of aliphatic hydroxyl groups is 2. The van der Waals surface area contributed by atoms with E-state index in [4.69, 9.17) is 13.9 Å². The van der Waals surface area contributed by atoms with Crippen LogP contribution in [0.25, 0.3) is 21.6 Å². The van der Waals surface area contributed by atoms with Crippen LogP contribution in [0, 0.1) is 16.2 Å². The fourth-order valence-corrected chi connectivity index (χ4v) is 5.51. The number of hydrogen-bond acceptors (Lipinski definition) is 7. The Morgan fingerprint density at radius 2 is 1.62 bits per heavy atom. The molecule has 3 rings (SSSR count). The molecule has 216 valence electrons. The SMILES string of the molecule is CC(C)(C)CC(C)(C(=O)OCCCC(O)C(O)CCCOc1ccc2cc(-c3cccs3)oc2c1)C(C)(C)C. The van der Waals surface area contributed by atoms with E-state index in [1.54, 1.807) is 11.3 Å². The van der Waals surface area contributed by atoms with Crippen LogP contribution in [0.5, 0.6) is 5.75 Å². The third-order valence-electron chi connectivity index (χ3n) is 7.48. The Labute approximate surface area is 237 Å². The highest BCUT2D eigenvalue weighted by Gasteiger charge is 2.47. The Hall–Kier alpha value is -2.35. The van der Waals surface area contributed by atoms with Crippen LogP contribution in [0.2, 0.25) is 0 Å². The smallest absolute Gasteiger partial charge is 0.312 e. The Kier molecular flexibility index (Phi) is 10.3. The zero-order valence-corrected chi connectivity index (χ0v) is 25.4. The third-order valence-corrected chi connectivity index (χ3v) is 8.36. The van der Waals surface area contributed by atoms with Gasteiger partial charge in [0, 0.05) is 11.5 Å². The number of carbonyl (C=O) groups is 1. The molecule has 2 heterocycles. The molecule has 3 aromatic rings. The number of aliphatic hydroxyl groups excluding tert-OH is 2. The van der Waals surface area contributed by atoms with E-state index >= 15 is 0 Å². The number of thiophene rings is 1. The fourth-order valence-electron chi connectivity index (χ4n) is 4.83. The minimum atomic E-state index is -0.873. The molecule has 0 saturated heterocycles. The molecular weight excluding hydrogens is 512 g/mol. The summed E-state index contributed by atoms with van der Waals surface area (Å²) in [4.78, 5) is 14.1. The maximum atomic E-state index is 13.0. The van der Waals surface area contributed by atoms with Gasteiger partial charge < -0.3 is 24.1 Å². The first kappa shape index (κ1) is 31.2. The van der Waals surface area contributed by atoms with Crippen molar-refractivity contribution >= 4 is 28.3 Å². The first-order valence-corrected chi connectivity index (χ1v) is 14.8. The molecule has 0 aliphatic rings. The lowest BCUT2D eigenvalue weighted by molar-refractivity contribution is -0.165. The van der Waals surface area contributed by atoms with Crippen LogP contribution < -0.4 is 4.74 Å². The van der Waals surface area contributed by atoms with Crippen LogP contribution in [-0.4, -0.2) is 41.6 Å². The summed E-state index contributed by atoms with van der Waals surface area (Å²) in [5, 5.41) is 23.8. The second-order valence-electron chi connectivity index (χ2n) is 13.0. The molecule has 0 radical (unpaired) electrons. The predicted octanol–water partition coefficient (Wildman–Crippen LogP) is 7.85. The molecule has 39 heavy (non-hydrogen) atoms. The largest absolute Gasteiger partial charge is 0.493 e. The van der Waals surface area contributed by atoms with Gasteiger partial charge in [0.25, 0.3) is 0 Å². The summed E-state index contributed by atoms with van der Waals surface area (Å²) in [5.41, 5.74) is -0.0961. The molecule has 2 N–H and O–H groups in total. The Bertz CT molecular complexity index is 1180. The van der Waals surface area contributed by atoms with Gasteiger partial charge in [-0.25, -0.2) is 0 Å². The van der Waals surface area contributed by atoms with Crippen molar-refractivity contribution in [2.45, 2.75) is 92.8 Å². The maximum absolute atomic E-state index is 13.0. The molecule has 2 aromatic heterocycles.